The molecule has 2 heterocycles. The van der Waals surface area contributed by atoms with Crippen LogP contribution in [0.5, 0.6) is 0 Å². The highest BCUT2D eigenvalue weighted by Gasteiger charge is 2.48. The highest BCUT2D eigenvalue weighted by Crippen LogP contribution is 2.29. The zero-order valence-electron chi connectivity index (χ0n) is 19.4. The van der Waals surface area contributed by atoms with Crippen molar-refractivity contribution in [2.45, 2.75) is 65.6 Å². The van der Waals surface area contributed by atoms with Crippen LogP contribution in [0.3, 0.4) is 0 Å². The molecule has 172 valence electrons. The number of aromatic nitrogens is 2. The molecular weight excluding hydrogens is 406 g/mol. The summed E-state index contributed by atoms with van der Waals surface area (Å²) in [5.41, 5.74) is 1.43. The monoisotopic (exact) mass is 439 g/mol. The molecule has 32 heavy (non-hydrogen) atoms. The smallest absolute Gasteiger partial charge is 0.273 e. The molecule has 2 N–H and O–H groups in total. The second-order valence-corrected chi connectivity index (χ2v) is 8.58. The van der Waals surface area contributed by atoms with E-state index >= 15 is 0 Å². The molecule has 1 aliphatic heterocycles. The summed E-state index contributed by atoms with van der Waals surface area (Å²) in [4.78, 5) is 45.2. The Morgan fingerprint density at radius 3 is 2.50 bits per heavy atom. The number of carbonyl (C=O) groups is 3. The summed E-state index contributed by atoms with van der Waals surface area (Å²) in [5.74, 6) is -0.929. The van der Waals surface area contributed by atoms with Gasteiger partial charge in [-0.1, -0.05) is 50.1 Å². The molecule has 3 rings (SSSR count). The predicted octanol–water partition coefficient (Wildman–Crippen LogP) is 2.66. The Kier molecular flexibility index (Phi) is 7.33. The third-order valence-electron chi connectivity index (χ3n) is 5.90. The van der Waals surface area contributed by atoms with Gasteiger partial charge in [0.2, 0.25) is 5.91 Å². The largest absolute Gasteiger partial charge is 0.351 e. The van der Waals surface area contributed by atoms with Crippen molar-refractivity contribution in [1.29, 1.82) is 0 Å². The van der Waals surface area contributed by atoms with Crippen molar-refractivity contribution >= 4 is 17.7 Å². The summed E-state index contributed by atoms with van der Waals surface area (Å²) in [6, 6.07) is 7.96. The third-order valence-corrected chi connectivity index (χ3v) is 5.90. The number of carbonyl (C=O) groups excluding carboxylic acids is 3. The highest BCUT2D eigenvalue weighted by atomic mass is 16.2. The lowest BCUT2D eigenvalue weighted by Crippen LogP contribution is -2.64. The first-order chi connectivity index (χ1) is 15.3. The van der Waals surface area contributed by atoms with E-state index in [0.29, 0.717) is 26.1 Å². The molecule has 0 saturated heterocycles. The molecule has 0 spiro atoms. The van der Waals surface area contributed by atoms with E-state index in [0.717, 1.165) is 24.0 Å². The van der Waals surface area contributed by atoms with E-state index in [1.54, 1.807) is 16.4 Å². The van der Waals surface area contributed by atoms with Gasteiger partial charge < -0.3 is 20.1 Å². The van der Waals surface area contributed by atoms with Gasteiger partial charge >= 0.3 is 0 Å². The van der Waals surface area contributed by atoms with Gasteiger partial charge in [-0.2, -0.15) is 0 Å². The Morgan fingerprint density at radius 1 is 1.12 bits per heavy atom. The first kappa shape index (κ1) is 23.5. The lowest BCUT2D eigenvalue weighted by molar-refractivity contribution is -0.133. The summed E-state index contributed by atoms with van der Waals surface area (Å²) in [6.07, 6.45) is 3.99. The number of amides is 3. The molecule has 1 aromatic heterocycles. The van der Waals surface area contributed by atoms with Crippen LogP contribution in [0.2, 0.25) is 0 Å². The van der Waals surface area contributed by atoms with Crippen molar-refractivity contribution in [3.05, 3.63) is 53.1 Å². The molecule has 8 heteroatoms. The average Bonchev–Trinajstić information content (AvgIpc) is 3.20. The molecule has 2 aromatic rings. The number of unbranched alkanes of at least 4 members (excludes halogenated alkanes) is 1. The minimum absolute atomic E-state index is 0.120. The SMILES string of the molecule is CCCCNC(=O)c1ncn2c1C(=O)N(CCC)C(C)(C(=O)NCc1ccc(C)cc1)C2. The van der Waals surface area contributed by atoms with Gasteiger partial charge in [-0.3, -0.25) is 14.4 Å². The lowest BCUT2D eigenvalue weighted by atomic mass is 9.93. The number of nitrogens with one attached hydrogen (secondary N) is 2. The van der Waals surface area contributed by atoms with Crippen molar-refractivity contribution in [3.8, 4) is 0 Å². The van der Waals surface area contributed by atoms with E-state index in [1.165, 1.54) is 6.33 Å². The Labute approximate surface area is 189 Å². The maximum Gasteiger partial charge on any atom is 0.273 e. The fourth-order valence-corrected chi connectivity index (χ4v) is 3.97. The first-order valence-corrected chi connectivity index (χ1v) is 11.3. The quantitative estimate of drug-likeness (QED) is 0.587. The summed E-state index contributed by atoms with van der Waals surface area (Å²) in [6.45, 7) is 9.36. The molecule has 0 radical (unpaired) electrons. The van der Waals surface area contributed by atoms with Gasteiger partial charge in [0.05, 0.1) is 12.9 Å². The Balaban J connectivity index is 1.83. The summed E-state index contributed by atoms with van der Waals surface area (Å²) >= 11 is 0. The van der Waals surface area contributed by atoms with E-state index < -0.39 is 5.54 Å². The first-order valence-electron chi connectivity index (χ1n) is 11.3. The van der Waals surface area contributed by atoms with Gasteiger partial charge in [0.1, 0.15) is 11.2 Å². The summed E-state index contributed by atoms with van der Waals surface area (Å²) in [5, 5.41) is 5.81. The third kappa shape index (κ3) is 4.69. The maximum absolute atomic E-state index is 13.5. The van der Waals surface area contributed by atoms with Crippen LogP contribution in [0.15, 0.2) is 30.6 Å². The summed E-state index contributed by atoms with van der Waals surface area (Å²) < 4.78 is 1.63. The maximum atomic E-state index is 13.5. The predicted molar refractivity (Wildman–Crippen MR) is 122 cm³/mol. The molecule has 1 unspecified atom stereocenters. The van der Waals surface area contributed by atoms with Crippen LogP contribution in [0, 0.1) is 6.92 Å². The second kappa shape index (κ2) is 9.97. The Bertz CT molecular complexity index is 982. The number of hydrogen-bond acceptors (Lipinski definition) is 4. The van der Waals surface area contributed by atoms with Gasteiger partial charge in [-0.05, 0) is 32.3 Å². The van der Waals surface area contributed by atoms with Gasteiger partial charge in [-0.25, -0.2) is 4.98 Å². The minimum Gasteiger partial charge on any atom is -0.351 e. The molecule has 1 aromatic carbocycles. The van der Waals surface area contributed by atoms with Gasteiger partial charge in [0.25, 0.3) is 11.8 Å². The molecule has 8 nitrogen and oxygen atoms in total. The van der Waals surface area contributed by atoms with Gasteiger partial charge in [-0.15, -0.1) is 0 Å². The number of benzene rings is 1. The topological polar surface area (TPSA) is 96.3 Å². The van der Waals surface area contributed by atoms with Crippen LogP contribution in [-0.4, -0.2) is 50.8 Å². The number of fused-ring (bicyclic) bond motifs is 1. The fourth-order valence-electron chi connectivity index (χ4n) is 3.97. The zero-order valence-corrected chi connectivity index (χ0v) is 19.4. The van der Waals surface area contributed by atoms with Crippen molar-refractivity contribution in [2.24, 2.45) is 0 Å². The van der Waals surface area contributed by atoms with Gasteiger partial charge in [0.15, 0.2) is 5.69 Å². The Hall–Kier alpha value is -3.16. The van der Waals surface area contributed by atoms with Crippen molar-refractivity contribution < 1.29 is 14.4 Å². The van der Waals surface area contributed by atoms with E-state index in [-0.39, 0.29) is 35.7 Å². The summed E-state index contributed by atoms with van der Waals surface area (Å²) in [7, 11) is 0. The van der Waals surface area contributed by atoms with Crippen LogP contribution >= 0.6 is 0 Å². The Morgan fingerprint density at radius 2 is 1.84 bits per heavy atom. The molecule has 0 aliphatic carbocycles. The fraction of sp³-hybridized carbons (Fsp3) is 0.500. The number of nitrogens with zero attached hydrogens (tertiary/aromatic N) is 3. The normalized spacial score (nSPS) is 17.8. The van der Waals surface area contributed by atoms with Crippen molar-refractivity contribution in [1.82, 2.24) is 25.1 Å². The standard InChI is InChI=1S/C24H33N5O3/c1-5-7-12-25-21(30)19-20-22(31)29(13-6-2)24(4,15-28(20)16-27-19)23(32)26-14-18-10-8-17(3)9-11-18/h8-11,16H,5-7,12-15H2,1-4H3,(H,25,30)(H,26,32). The van der Waals surface area contributed by atoms with Crippen LogP contribution < -0.4 is 10.6 Å². The number of aryl methyl sites for hydroxylation is 1. The molecule has 0 bridgehead atoms. The molecule has 1 atom stereocenters. The van der Waals surface area contributed by atoms with E-state index in [9.17, 15) is 14.4 Å². The number of imidazole rings is 1. The van der Waals surface area contributed by atoms with Crippen LogP contribution in [0.4, 0.5) is 0 Å². The molecular formula is C24H33N5O3. The minimum atomic E-state index is -1.08. The van der Waals surface area contributed by atoms with E-state index in [1.807, 2.05) is 45.0 Å². The number of hydrogen-bond donors (Lipinski definition) is 2. The van der Waals surface area contributed by atoms with E-state index in [4.69, 9.17) is 0 Å². The van der Waals surface area contributed by atoms with Crippen molar-refractivity contribution in [3.63, 3.8) is 0 Å². The van der Waals surface area contributed by atoms with Crippen molar-refractivity contribution in [2.75, 3.05) is 13.1 Å². The van der Waals surface area contributed by atoms with Crippen LogP contribution in [0.25, 0.3) is 0 Å². The molecule has 0 fully saturated rings. The lowest BCUT2D eigenvalue weighted by Gasteiger charge is -2.43. The highest BCUT2D eigenvalue weighted by molar-refractivity contribution is 6.07. The van der Waals surface area contributed by atoms with Crippen LogP contribution in [0.1, 0.15) is 72.1 Å². The average molecular weight is 440 g/mol. The van der Waals surface area contributed by atoms with E-state index in [2.05, 4.69) is 15.6 Å². The number of rotatable bonds is 9. The van der Waals surface area contributed by atoms with Crippen LogP contribution in [-0.2, 0) is 17.9 Å². The zero-order chi connectivity index (χ0) is 23.3. The molecule has 0 saturated carbocycles. The van der Waals surface area contributed by atoms with Gasteiger partial charge in [0, 0.05) is 19.6 Å². The molecule has 3 amide bonds. The molecule has 1 aliphatic rings. The second-order valence-electron chi connectivity index (χ2n) is 8.58.